The molecule has 0 unspecified atom stereocenters. The highest BCUT2D eigenvalue weighted by molar-refractivity contribution is 7.89. The van der Waals surface area contributed by atoms with Gasteiger partial charge in [0.15, 0.2) is 0 Å². The molecule has 0 bridgehead atoms. The summed E-state index contributed by atoms with van der Waals surface area (Å²) < 4.78 is 80.7. The first-order valence-electron chi connectivity index (χ1n) is 13.1. The lowest BCUT2D eigenvalue weighted by Crippen LogP contribution is -2.44. The van der Waals surface area contributed by atoms with Gasteiger partial charge in [-0.05, 0) is 65.9 Å². The molecule has 1 aromatic heterocycles. The topological polar surface area (TPSA) is 73.5 Å². The second kappa shape index (κ2) is 12.4. The van der Waals surface area contributed by atoms with Gasteiger partial charge in [-0.25, -0.2) is 12.8 Å². The van der Waals surface area contributed by atoms with Crippen LogP contribution in [0.25, 0.3) is 10.9 Å². The summed E-state index contributed by atoms with van der Waals surface area (Å²) in [5.74, 6) is -1.21. The Balaban J connectivity index is 1.60. The minimum absolute atomic E-state index is 0.00849. The van der Waals surface area contributed by atoms with Crippen LogP contribution in [0.5, 0.6) is 0 Å². The summed E-state index contributed by atoms with van der Waals surface area (Å²) in [6.45, 7) is 3.39. The fraction of sp³-hybridized carbons (Fsp3) is 0.300. The molecule has 0 aliphatic carbocycles. The lowest BCUT2D eigenvalue weighted by molar-refractivity contribution is -0.137. The van der Waals surface area contributed by atoms with E-state index in [4.69, 9.17) is 0 Å². The van der Waals surface area contributed by atoms with Crippen LogP contribution >= 0.6 is 0 Å². The van der Waals surface area contributed by atoms with Gasteiger partial charge in [-0.1, -0.05) is 44.2 Å². The number of rotatable bonds is 11. The Bertz CT molecular complexity index is 1580. The molecule has 1 N–H and O–H groups in total. The highest BCUT2D eigenvalue weighted by Crippen LogP contribution is 2.29. The number of nitrogens with zero attached hydrogens (tertiary/aromatic N) is 2. The molecule has 1 heterocycles. The average Bonchev–Trinajstić information content (AvgIpc) is 3.33. The van der Waals surface area contributed by atoms with Crippen molar-refractivity contribution < 1.29 is 30.8 Å². The minimum atomic E-state index is -4.49. The van der Waals surface area contributed by atoms with Gasteiger partial charge in [0.05, 0.1) is 17.0 Å². The third kappa shape index (κ3) is 7.53. The van der Waals surface area contributed by atoms with Crippen molar-refractivity contribution in [1.82, 2.24) is 14.2 Å². The van der Waals surface area contributed by atoms with E-state index in [1.807, 2.05) is 44.3 Å². The van der Waals surface area contributed by atoms with Gasteiger partial charge in [0, 0.05) is 36.7 Å². The number of carbonyl (C=O) groups is 1. The number of aromatic amines is 1. The van der Waals surface area contributed by atoms with Crippen LogP contribution in [-0.2, 0) is 34.0 Å². The van der Waals surface area contributed by atoms with E-state index in [2.05, 4.69) is 4.98 Å². The number of alkyl halides is 3. The van der Waals surface area contributed by atoms with Gasteiger partial charge >= 0.3 is 6.18 Å². The van der Waals surface area contributed by atoms with Crippen molar-refractivity contribution in [3.8, 4) is 0 Å². The Morgan fingerprint density at radius 2 is 1.61 bits per heavy atom. The first-order chi connectivity index (χ1) is 19.3. The number of hydrogen-bond donors (Lipinski definition) is 1. The fourth-order valence-electron chi connectivity index (χ4n) is 4.57. The predicted octanol–water partition coefficient (Wildman–Crippen LogP) is 6.24. The molecule has 3 aromatic carbocycles. The van der Waals surface area contributed by atoms with E-state index < -0.39 is 40.0 Å². The van der Waals surface area contributed by atoms with Crippen molar-refractivity contribution in [1.29, 1.82) is 0 Å². The summed E-state index contributed by atoms with van der Waals surface area (Å²) in [7, 11) is -4.13. The fourth-order valence-corrected chi connectivity index (χ4v) is 6.12. The van der Waals surface area contributed by atoms with Crippen LogP contribution in [0, 0.1) is 11.7 Å². The number of para-hydroxylation sites is 1. The van der Waals surface area contributed by atoms with Crippen molar-refractivity contribution in [3.63, 3.8) is 0 Å². The standard InChI is InChI=1S/C30H31F4N3O3S/c1-21(2)18-37(41(39,40)26-13-11-25(31)12-14-26)20-29(38)36(19-22-7-9-24(10-8-22)30(32,33)34)16-15-23-17-35-28-6-4-3-5-27(23)28/h3-14,17,21,35H,15-16,18-20H2,1-2H3. The molecule has 0 saturated carbocycles. The Labute approximate surface area is 236 Å². The molecule has 1 amide bonds. The maximum Gasteiger partial charge on any atom is 0.416 e. The monoisotopic (exact) mass is 589 g/mol. The van der Waals surface area contributed by atoms with E-state index >= 15 is 0 Å². The van der Waals surface area contributed by atoms with Crippen LogP contribution in [0.1, 0.15) is 30.5 Å². The zero-order chi connectivity index (χ0) is 29.8. The molecule has 4 rings (SSSR count). The molecule has 218 valence electrons. The number of hydrogen-bond acceptors (Lipinski definition) is 3. The number of nitrogens with one attached hydrogen (secondary N) is 1. The van der Waals surface area contributed by atoms with Crippen LogP contribution in [-0.4, -0.2) is 48.1 Å². The Kier molecular flexibility index (Phi) is 9.18. The average molecular weight is 590 g/mol. The van der Waals surface area contributed by atoms with E-state index in [0.29, 0.717) is 12.0 Å². The van der Waals surface area contributed by atoms with E-state index in [0.717, 1.165) is 57.2 Å². The Morgan fingerprint density at radius 1 is 0.951 bits per heavy atom. The maximum atomic E-state index is 13.7. The minimum Gasteiger partial charge on any atom is -0.361 e. The van der Waals surface area contributed by atoms with Crippen LogP contribution in [0.15, 0.2) is 83.9 Å². The number of H-pyrrole nitrogens is 1. The molecule has 41 heavy (non-hydrogen) atoms. The van der Waals surface area contributed by atoms with Crippen LogP contribution in [0.3, 0.4) is 0 Å². The van der Waals surface area contributed by atoms with Crippen molar-refractivity contribution in [2.24, 2.45) is 5.92 Å². The number of sulfonamides is 1. The zero-order valence-corrected chi connectivity index (χ0v) is 23.5. The second-order valence-electron chi connectivity index (χ2n) is 10.3. The lowest BCUT2D eigenvalue weighted by atomic mass is 10.1. The number of fused-ring (bicyclic) bond motifs is 1. The number of halogens is 4. The van der Waals surface area contributed by atoms with Crippen molar-refractivity contribution >= 4 is 26.8 Å². The summed E-state index contributed by atoms with van der Waals surface area (Å²) in [5.41, 5.74) is 1.55. The molecule has 0 aliphatic heterocycles. The van der Waals surface area contributed by atoms with Gasteiger partial charge in [0.2, 0.25) is 15.9 Å². The first kappa shape index (κ1) is 30.3. The number of aromatic nitrogens is 1. The van der Waals surface area contributed by atoms with Crippen LogP contribution in [0.2, 0.25) is 0 Å². The lowest BCUT2D eigenvalue weighted by Gasteiger charge is -2.28. The zero-order valence-electron chi connectivity index (χ0n) is 22.7. The van der Waals surface area contributed by atoms with Gasteiger partial charge in [0.25, 0.3) is 0 Å². The molecular formula is C30H31F4N3O3S. The van der Waals surface area contributed by atoms with Gasteiger partial charge in [-0.2, -0.15) is 17.5 Å². The Hall–Kier alpha value is -3.70. The normalized spacial score (nSPS) is 12.4. The molecule has 4 aromatic rings. The van der Waals surface area contributed by atoms with Crippen molar-refractivity contribution in [2.75, 3.05) is 19.6 Å². The SMILES string of the molecule is CC(C)CN(CC(=O)N(CCc1c[nH]c2ccccc12)Cc1ccc(C(F)(F)F)cc1)S(=O)(=O)c1ccc(F)cc1. The molecule has 0 atom stereocenters. The molecule has 0 aliphatic rings. The predicted molar refractivity (Wildman–Crippen MR) is 149 cm³/mol. The number of benzene rings is 3. The molecule has 11 heteroatoms. The van der Waals surface area contributed by atoms with Gasteiger partial charge in [-0.15, -0.1) is 0 Å². The molecule has 6 nitrogen and oxygen atoms in total. The van der Waals surface area contributed by atoms with Crippen molar-refractivity contribution in [3.05, 3.63) is 102 Å². The summed E-state index contributed by atoms with van der Waals surface area (Å²) in [4.78, 5) is 18.2. The molecule has 0 radical (unpaired) electrons. The van der Waals surface area contributed by atoms with Gasteiger partial charge < -0.3 is 9.88 Å². The largest absolute Gasteiger partial charge is 0.416 e. The third-order valence-corrected chi connectivity index (χ3v) is 8.49. The third-order valence-electron chi connectivity index (χ3n) is 6.67. The highest BCUT2D eigenvalue weighted by Gasteiger charge is 2.31. The summed E-state index contributed by atoms with van der Waals surface area (Å²) in [6.07, 6.45) is -2.21. The van der Waals surface area contributed by atoms with E-state index in [9.17, 15) is 30.8 Å². The molecular weight excluding hydrogens is 558 g/mol. The van der Waals surface area contributed by atoms with E-state index in [-0.39, 0.29) is 30.4 Å². The smallest absolute Gasteiger partial charge is 0.361 e. The first-order valence-corrected chi connectivity index (χ1v) is 14.5. The Morgan fingerprint density at radius 3 is 2.24 bits per heavy atom. The molecule has 0 spiro atoms. The van der Waals surface area contributed by atoms with Crippen molar-refractivity contribution in [2.45, 2.75) is 37.9 Å². The summed E-state index contributed by atoms with van der Waals surface area (Å²) in [6, 6.07) is 16.6. The van der Waals surface area contributed by atoms with Crippen LogP contribution < -0.4 is 0 Å². The summed E-state index contributed by atoms with van der Waals surface area (Å²) >= 11 is 0. The van der Waals surface area contributed by atoms with Gasteiger partial charge in [0.1, 0.15) is 5.82 Å². The number of amides is 1. The molecule has 0 fully saturated rings. The highest BCUT2D eigenvalue weighted by atomic mass is 32.2. The second-order valence-corrected chi connectivity index (χ2v) is 12.2. The van der Waals surface area contributed by atoms with E-state index in [1.54, 1.807) is 0 Å². The number of carbonyl (C=O) groups excluding carboxylic acids is 1. The van der Waals surface area contributed by atoms with Gasteiger partial charge in [-0.3, -0.25) is 4.79 Å². The van der Waals surface area contributed by atoms with Crippen LogP contribution in [0.4, 0.5) is 17.6 Å². The maximum absolute atomic E-state index is 13.7. The quantitative estimate of drug-likeness (QED) is 0.211. The molecule has 0 saturated heterocycles. The van der Waals surface area contributed by atoms with E-state index in [1.165, 1.54) is 17.0 Å². The summed E-state index contributed by atoms with van der Waals surface area (Å²) in [5, 5.41) is 0.981.